The van der Waals surface area contributed by atoms with Gasteiger partial charge in [-0.3, -0.25) is 9.58 Å². The first kappa shape index (κ1) is 20.9. The number of amides is 1. The summed E-state index contributed by atoms with van der Waals surface area (Å²) in [6.45, 7) is 8.48. The zero-order chi connectivity index (χ0) is 21.1. The summed E-state index contributed by atoms with van der Waals surface area (Å²) >= 11 is 2.12. The van der Waals surface area contributed by atoms with E-state index in [1.807, 2.05) is 27.7 Å². The van der Waals surface area contributed by atoms with Crippen LogP contribution in [0.15, 0.2) is 24.3 Å². The highest BCUT2D eigenvalue weighted by atomic mass is 127. The Kier molecular flexibility index (Phi) is 4.96. The van der Waals surface area contributed by atoms with Gasteiger partial charge in [0.2, 0.25) is 0 Å². The van der Waals surface area contributed by atoms with Crippen LogP contribution in [0.4, 0.5) is 18.0 Å². The second-order valence-electron chi connectivity index (χ2n) is 8.07. The molecule has 1 aliphatic heterocycles. The second kappa shape index (κ2) is 6.64. The fourth-order valence-electron chi connectivity index (χ4n) is 3.66. The predicted octanol–water partition coefficient (Wildman–Crippen LogP) is 5.43. The van der Waals surface area contributed by atoms with Gasteiger partial charge in [-0.05, 0) is 47.1 Å². The van der Waals surface area contributed by atoms with E-state index < -0.39 is 28.8 Å². The first-order chi connectivity index (χ1) is 12.8. The molecule has 1 atom stereocenters. The maximum absolute atomic E-state index is 12.9. The Morgan fingerprint density at radius 1 is 1.18 bits per heavy atom. The average molecular weight is 507 g/mol. The first-order valence-electron chi connectivity index (χ1n) is 8.73. The molecule has 9 heteroatoms. The molecule has 0 radical (unpaired) electrons. The van der Waals surface area contributed by atoms with E-state index in [9.17, 15) is 23.1 Å². The molecule has 28 heavy (non-hydrogen) atoms. The van der Waals surface area contributed by atoms with Crippen molar-refractivity contribution in [2.75, 3.05) is 6.54 Å². The van der Waals surface area contributed by atoms with Crippen molar-refractivity contribution in [1.82, 2.24) is 14.7 Å². The number of alkyl halides is 3. The molecule has 1 aromatic heterocycles. The van der Waals surface area contributed by atoms with Crippen LogP contribution in [0.25, 0.3) is 11.3 Å². The Bertz CT molecular complexity index is 916. The third-order valence-corrected chi connectivity index (χ3v) is 6.63. The van der Waals surface area contributed by atoms with Crippen molar-refractivity contribution >= 4 is 28.7 Å². The Balaban J connectivity index is 2.16. The Labute approximate surface area is 174 Å². The molecule has 0 bridgehead atoms. The number of carboxylic acid groups (broad SMARTS) is 1. The molecule has 0 saturated carbocycles. The van der Waals surface area contributed by atoms with Crippen LogP contribution >= 0.6 is 22.6 Å². The van der Waals surface area contributed by atoms with E-state index in [-0.39, 0.29) is 0 Å². The van der Waals surface area contributed by atoms with Crippen molar-refractivity contribution in [1.29, 1.82) is 0 Å². The minimum atomic E-state index is -4.40. The van der Waals surface area contributed by atoms with Crippen molar-refractivity contribution in [3.63, 3.8) is 0 Å². The maximum atomic E-state index is 12.9. The number of halogens is 4. The smallest absolute Gasteiger partial charge is 0.416 e. The summed E-state index contributed by atoms with van der Waals surface area (Å²) in [7, 11) is 0. The van der Waals surface area contributed by atoms with Crippen LogP contribution in [0.1, 0.15) is 39.0 Å². The highest BCUT2D eigenvalue weighted by molar-refractivity contribution is 14.1. The lowest BCUT2D eigenvalue weighted by Gasteiger charge is -2.51. The van der Waals surface area contributed by atoms with Crippen LogP contribution in [-0.4, -0.2) is 32.4 Å². The fourth-order valence-corrected chi connectivity index (χ4v) is 4.88. The Hall–Kier alpha value is -1.78. The van der Waals surface area contributed by atoms with Crippen molar-refractivity contribution < 1.29 is 23.1 Å². The highest BCUT2D eigenvalue weighted by Gasteiger charge is 2.52. The molecule has 152 valence electrons. The third kappa shape index (κ3) is 3.17. The van der Waals surface area contributed by atoms with Gasteiger partial charge in [0.1, 0.15) is 5.69 Å². The van der Waals surface area contributed by atoms with E-state index in [0.29, 0.717) is 24.3 Å². The minimum Gasteiger partial charge on any atom is -0.465 e. The van der Waals surface area contributed by atoms with Gasteiger partial charge in [-0.2, -0.15) is 18.3 Å². The molecule has 5 nitrogen and oxygen atoms in total. The number of hydrogen-bond donors (Lipinski definition) is 1. The largest absolute Gasteiger partial charge is 0.465 e. The van der Waals surface area contributed by atoms with Crippen LogP contribution in [0.2, 0.25) is 0 Å². The molecule has 1 N–H and O–H groups in total. The number of nitrogens with zero attached hydrogens (tertiary/aromatic N) is 3. The first-order valence-corrected chi connectivity index (χ1v) is 9.81. The number of fused-ring (bicyclic) bond motifs is 1. The molecule has 1 aromatic carbocycles. The molecule has 1 unspecified atom stereocenters. The number of carbonyl (C=O) groups is 1. The topological polar surface area (TPSA) is 58.4 Å². The second-order valence-corrected chi connectivity index (χ2v) is 9.14. The van der Waals surface area contributed by atoms with E-state index in [4.69, 9.17) is 0 Å². The highest BCUT2D eigenvalue weighted by Crippen LogP contribution is 2.49. The van der Waals surface area contributed by atoms with Gasteiger partial charge in [0.15, 0.2) is 0 Å². The summed E-state index contributed by atoms with van der Waals surface area (Å²) in [5.74, 6) is 0. The molecule has 3 rings (SSSR count). The summed E-state index contributed by atoms with van der Waals surface area (Å²) in [5.41, 5.74) is -0.0912. The molecule has 0 saturated heterocycles. The fraction of sp³-hybridized carbons (Fsp3) is 0.474. The Morgan fingerprint density at radius 3 is 2.21 bits per heavy atom. The zero-order valence-corrected chi connectivity index (χ0v) is 18.1. The van der Waals surface area contributed by atoms with Gasteiger partial charge < -0.3 is 5.11 Å². The van der Waals surface area contributed by atoms with E-state index >= 15 is 0 Å². The van der Waals surface area contributed by atoms with Gasteiger partial charge >= 0.3 is 12.3 Å². The van der Waals surface area contributed by atoms with Crippen LogP contribution in [0.5, 0.6) is 0 Å². The van der Waals surface area contributed by atoms with Gasteiger partial charge in [-0.25, -0.2) is 4.79 Å². The van der Waals surface area contributed by atoms with Crippen molar-refractivity contribution in [2.45, 2.75) is 46.0 Å². The number of hydrogen-bond acceptors (Lipinski definition) is 2. The normalized spacial score (nSPS) is 20.2. The summed E-state index contributed by atoms with van der Waals surface area (Å²) in [6.07, 6.45) is -5.40. The van der Waals surface area contributed by atoms with Crippen LogP contribution in [0, 0.1) is 8.99 Å². The van der Waals surface area contributed by atoms with Crippen LogP contribution in [-0.2, 0) is 18.3 Å². The molecule has 2 aromatic rings. The maximum Gasteiger partial charge on any atom is 0.416 e. The number of rotatable bonds is 1. The standard InChI is InChI=1S/C19H21F3IN3O2/c1-17(2,3)18(4)15-13(23)14(24-26(15)10-9-25(18)16(27)28)11-5-7-12(8-6-11)19(20,21)22/h5-8H,9-10H2,1-4H3,(H,27,28). The average Bonchev–Trinajstić information content (AvgIpc) is 2.91. The van der Waals surface area contributed by atoms with E-state index in [1.165, 1.54) is 17.0 Å². The molecular weight excluding hydrogens is 486 g/mol. The van der Waals surface area contributed by atoms with Crippen LogP contribution < -0.4 is 0 Å². The summed E-state index contributed by atoms with van der Waals surface area (Å²) in [6, 6.07) is 4.89. The SMILES string of the molecule is CC(C)(C)C1(C)c2c(I)c(-c3ccc(C(F)(F)F)cc3)nn2CCN1C(=O)O. The van der Waals surface area contributed by atoms with Gasteiger partial charge in [-0.15, -0.1) is 0 Å². The van der Waals surface area contributed by atoms with Gasteiger partial charge in [0.25, 0.3) is 0 Å². The lowest BCUT2D eigenvalue weighted by atomic mass is 9.70. The molecule has 0 spiro atoms. The van der Waals surface area contributed by atoms with Crippen molar-refractivity contribution in [3.05, 3.63) is 39.1 Å². The monoisotopic (exact) mass is 507 g/mol. The summed E-state index contributed by atoms with van der Waals surface area (Å²) in [4.78, 5) is 13.4. The Morgan fingerprint density at radius 2 is 1.75 bits per heavy atom. The quantitative estimate of drug-likeness (QED) is 0.524. The van der Waals surface area contributed by atoms with Crippen LogP contribution in [0.3, 0.4) is 0 Å². The molecule has 1 aliphatic rings. The lowest BCUT2D eigenvalue weighted by Crippen LogP contribution is -2.59. The molecule has 0 aliphatic carbocycles. The van der Waals surface area contributed by atoms with Crippen molar-refractivity contribution in [3.8, 4) is 11.3 Å². The molecule has 0 fully saturated rings. The molecular formula is C19H21F3IN3O2. The van der Waals surface area contributed by atoms with E-state index in [0.717, 1.165) is 21.4 Å². The summed E-state index contributed by atoms with van der Waals surface area (Å²) in [5, 5.41) is 14.4. The van der Waals surface area contributed by atoms with Gasteiger partial charge in [0, 0.05) is 12.1 Å². The minimum absolute atomic E-state index is 0.292. The molecule has 2 heterocycles. The summed E-state index contributed by atoms with van der Waals surface area (Å²) < 4.78 is 41.1. The third-order valence-electron chi connectivity index (χ3n) is 5.61. The van der Waals surface area contributed by atoms with Crippen molar-refractivity contribution in [2.24, 2.45) is 5.41 Å². The lowest BCUT2D eigenvalue weighted by molar-refractivity contribution is -0.137. The van der Waals surface area contributed by atoms with E-state index in [2.05, 4.69) is 27.7 Å². The van der Waals surface area contributed by atoms with Gasteiger partial charge in [0.05, 0.1) is 26.9 Å². The van der Waals surface area contributed by atoms with E-state index in [1.54, 1.807) is 4.68 Å². The predicted molar refractivity (Wildman–Crippen MR) is 107 cm³/mol. The zero-order valence-electron chi connectivity index (χ0n) is 15.9. The number of aromatic nitrogens is 2. The van der Waals surface area contributed by atoms with Gasteiger partial charge in [-0.1, -0.05) is 32.9 Å². The molecule has 1 amide bonds. The number of benzene rings is 1.